The topological polar surface area (TPSA) is 48.1 Å². The van der Waals surface area contributed by atoms with E-state index in [1.165, 1.54) is 0 Å². The van der Waals surface area contributed by atoms with Crippen LogP contribution in [0.1, 0.15) is 25.5 Å². The molecule has 0 N–H and O–H groups in total. The highest BCUT2D eigenvalue weighted by molar-refractivity contribution is 7.54. The van der Waals surface area contributed by atoms with Crippen molar-refractivity contribution in [3.05, 3.63) is 35.9 Å². The molecule has 94 valence electrons. The van der Waals surface area contributed by atoms with Crippen molar-refractivity contribution >= 4 is 7.60 Å². The van der Waals surface area contributed by atoms with Crippen LogP contribution in [0, 0.1) is 0 Å². The highest BCUT2D eigenvalue weighted by Crippen LogP contribution is 2.66. The number of benzene rings is 1. The molecule has 2 atom stereocenters. The lowest BCUT2D eigenvalue weighted by Crippen LogP contribution is -2.02. The number of ether oxygens (including phenoxy) is 1. The van der Waals surface area contributed by atoms with Gasteiger partial charge in [-0.1, -0.05) is 30.3 Å². The third-order valence-electron chi connectivity index (χ3n) is 2.53. The molecule has 1 aliphatic heterocycles. The fourth-order valence-corrected chi connectivity index (χ4v) is 3.65. The van der Waals surface area contributed by atoms with Gasteiger partial charge in [0.05, 0.1) is 13.2 Å². The molecular weight excluding hydrogens is 239 g/mol. The van der Waals surface area contributed by atoms with Crippen LogP contribution in [0.5, 0.6) is 0 Å². The fourth-order valence-electron chi connectivity index (χ4n) is 1.78. The van der Waals surface area contributed by atoms with Crippen LogP contribution < -0.4 is 0 Å². The van der Waals surface area contributed by atoms with E-state index in [1.54, 1.807) is 13.8 Å². The Balaban J connectivity index is 2.08. The van der Waals surface area contributed by atoms with E-state index in [0.717, 1.165) is 5.56 Å². The number of hydrogen-bond donors (Lipinski definition) is 0. The smallest absolute Gasteiger partial charge is 0.351 e. The third-order valence-corrected chi connectivity index (χ3v) is 4.78. The van der Waals surface area contributed by atoms with Gasteiger partial charge in [0.2, 0.25) is 0 Å². The van der Waals surface area contributed by atoms with Gasteiger partial charge >= 0.3 is 7.60 Å². The second-order valence-corrected chi connectivity index (χ2v) is 5.84. The molecule has 1 fully saturated rings. The van der Waals surface area contributed by atoms with E-state index in [1.807, 2.05) is 30.3 Å². The summed E-state index contributed by atoms with van der Waals surface area (Å²) in [7, 11) is -3.12. The first-order chi connectivity index (χ1) is 8.21. The van der Waals surface area contributed by atoms with Crippen LogP contribution in [0.4, 0.5) is 0 Å². The van der Waals surface area contributed by atoms with Gasteiger partial charge in [-0.2, -0.15) is 0 Å². The van der Waals surface area contributed by atoms with Crippen molar-refractivity contribution in [3.63, 3.8) is 0 Å². The number of epoxide rings is 1. The molecule has 1 saturated heterocycles. The lowest BCUT2D eigenvalue weighted by molar-refractivity contribution is 0.208. The van der Waals surface area contributed by atoms with Gasteiger partial charge in [0, 0.05) is 0 Å². The Morgan fingerprint density at radius 1 is 1.18 bits per heavy atom. The molecule has 0 aliphatic carbocycles. The van der Waals surface area contributed by atoms with Gasteiger partial charge in [-0.15, -0.1) is 0 Å². The van der Waals surface area contributed by atoms with Crippen molar-refractivity contribution in [1.82, 2.24) is 0 Å². The molecule has 0 saturated carbocycles. The lowest BCUT2D eigenvalue weighted by atomic mass is 10.2. The fraction of sp³-hybridized carbons (Fsp3) is 0.500. The summed E-state index contributed by atoms with van der Waals surface area (Å²) in [5.74, 6) is -0.454. The highest BCUT2D eigenvalue weighted by Gasteiger charge is 2.55. The maximum absolute atomic E-state index is 12.4. The molecule has 1 aromatic rings. The molecule has 4 nitrogen and oxygen atoms in total. The zero-order chi connectivity index (χ0) is 12.3. The van der Waals surface area contributed by atoms with Gasteiger partial charge in [-0.05, 0) is 19.4 Å². The Bertz CT molecular complexity index is 396. The normalized spacial score (nSPS) is 23.6. The molecule has 0 bridgehead atoms. The lowest BCUT2D eigenvalue weighted by Gasteiger charge is -2.14. The molecule has 5 heteroatoms. The zero-order valence-electron chi connectivity index (χ0n) is 10.0. The molecule has 17 heavy (non-hydrogen) atoms. The van der Waals surface area contributed by atoms with Crippen molar-refractivity contribution in [2.45, 2.75) is 25.8 Å². The Kier molecular flexibility index (Phi) is 4.00. The second-order valence-electron chi connectivity index (χ2n) is 3.73. The SMILES string of the molecule is CCOP(=O)(OCC)[C@@H]1O[C@H]1c1ccccc1. The van der Waals surface area contributed by atoms with E-state index in [2.05, 4.69) is 0 Å². The van der Waals surface area contributed by atoms with E-state index in [-0.39, 0.29) is 6.10 Å². The summed E-state index contributed by atoms with van der Waals surface area (Å²) in [6.45, 7) is 4.31. The van der Waals surface area contributed by atoms with Crippen LogP contribution in [0.15, 0.2) is 30.3 Å². The van der Waals surface area contributed by atoms with Gasteiger partial charge in [0.15, 0.2) is 5.85 Å². The summed E-state index contributed by atoms with van der Waals surface area (Å²) >= 11 is 0. The van der Waals surface area contributed by atoms with Crippen molar-refractivity contribution < 1.29 is 18.3 Å². The second kappa shape index (κ2) is 5.32. The van der Waals surface area contributed by atoms with Gasteiger partial charge in [0.25, 0.3) is 0 Å². The summed E-state index contributed by atoms with van der Waals surface area (Å²) in [6, 6.07) is 9.70. The molecule has 0 spiro atoms. The van der Waals surface area contributed by atoms with E-state index in [4.69, 9.17) is 13.8 Å². The molecule has 1 aromatic carbocycles. The van der Waals surface area contributed by atoms with Crippen molar-refractivity contribution in [2.75, 3.05) is 13.2 Å². The van der Waals surface area contributed by atoms with Crippen LogP contribution in [0.2, 0.25) is 0 Å². The Labute approximate surface area is 101 Å². The molecule has 2 rings (SSSR count). The minimum absolute atomic E-state index is 0.167. The van der Waals surface area contributed by atoms with E-state index >= 15 is 0 Å². The quantitative estimate of drug-likeness (QED) is 0.578. The van der Waals surface area contributed by atoms with Crippen LogP contribution in [0.25, 0.3) is 0 Å². The highest BCUT2D eigenvalue weighted by atomic mass is 31.2. The minimum Gasteiger partial charge on any atom is -0.351 e. The van der Waals surface area contributed by atoms with E-state index in [0.29, 0.717) is 13.2 Å². The molecular formula is C12H17O4P. The van der Waals surface area contributed by atoms with Crippen LogP contribution in [-0.2, 0) is 18.3 Å². The summed E-state index contributed by atoms with van der Waals surface area (Å²) < 4.78 is 28.4. The van der Waals surface area contributed by atoms with Gasteiger partial charge in [-0.3, -0.25) is 4.57 Å². The molecule has 1 heterocycles. The first kappa shape index (κ1) is 12.8. The Hall–Kier alpha value is -0.670. The van der Waals surface area contributed by atoms with Crippen molar-refractivity contribution in [3.8, 4) is 0 Å². The first-order valence-electron chi connectivity index (χ1n) is 5.80. The Morgan fingerprint density at radius 3 is 2.29 bits per heavy atom. The predicted octanol–water partition coefficient (Wildman–Crippen LogP) is 3.35. The summed E-state index contributed by atoms with van der Waals surface area (Å²) in [6.07, 6.45) is -0.167. The average Bonchev–Trinajstić information content (AvgIpc) is 3.11. The third kappa shape index (κ3) is 2.78. The first-order valence-corrected chi connectivity index (χ1v) is 7.41. The van der Waals surface area contributed by atoms with Crippen LogP contribution >= 0.6 is 7.60 Å². The van der Waals surface area contributed by atoms with Gasteiger partial charge < -0.3 is 13.8 Å². The molecule has 1 aliphatic rings. The van der Waals surface area contributed by atoms with Crippen LogP contribution in [0.3, 0.4) is 0 Å². The maximum atomic E-state index is 12.4. The van der Waals surface area contributed by atoms with E-state index < -0.39 is 13.4 Å². The predicted molar refractivity (Wildman–Crippen MR) is 64.9 cm³/mol. The largest absolute Gasteiger partial charge is 0.362 e. The standard InChI is InChI=1S/C12H17O4P/c1-3-14-17(13,15-4-2)12-11(16-12)10-8-6-5-7-9-10/h5-9,11-12H,3-4H2,1-2H3/t11-,12-/m0/s1. The Morgan fingerprint density at radius 2 is 1.76 bits per heavy atom. The maximum Gasteiger partial charge on any atom is 0.362 e. The molecule has 0 amide bonds. The molecule has 0 unspecified atom stereocenters. The number of hydrogen-bond acceptors (Lipinski definition) is 4. The average molecular weight is 256 g/mol. The number of rotatable bonds is 6. The van der Waals surface area contributed by atoms with E-state index in [9.17, 15) is 4.57 Å². The monoisotopic (exact) mass is 256 g/mol. The summed E-state index contributed by atoms with van der Waals surface area (Å²) in [4.78, 5) is 0. The minimum atomic E-state index is -3.12. The molecule has 0 radical (unpaired) electrons. The summed E-state index contributed by atoms with van der Waals surface area (Å²) in [5, 5.41) is 0. The summed E-state index contributed by atoms with van der Waals surface area (Å²) in [5.41, 5.74) is 1.01. The van der Waals surface area contributed by atoms with Crippen molar-refractivity contribution in [1.29, 1.82) is 0 Å². The van der Waals surface area contributed by atoms with Gasteiger partial charge in [-0.25, -0.2) is 0 Å². The van der Waals surface area contributed by atoms with Crippen molar-refractivity contribution in [2.24, 2.45) is 0 Å². The molecule has 0 aromatic heterocycles. The van der Waals surface area contributed by atoms with Gasteiger partial charge in [0.1, 0.15) is 6.10 Å². The van der Waals surface area contributed by atoms with Crippen LogP contribution in [-0.4, -0.2) is 19.1 Å². The zero-order valence-corrected chi connectivity index (χ0v) is 10.9.